The van der Waals surface area contributed by atoms with Crippen LogP contribution in [0.4, 0.5) is 11.4 Å². The number of Topliss-reactive ketones (excluding diaryl/α,β-unsaturated/α-hetero) is 1. The number of esters is 1. The summed E-state index contributed by atoms with van der Waals surface area (Å²) < 4.78 is 10.6. The molecule has 0 aromatic heterocycles. The first-order valence-corrected chi connectivity index (χ1v) is 7.74. The lowest BCUT2D eigenvalue weighted by Crippen LogP contribution is -2.24. The van der Waals surface area contributed by atoms with Crippen LogP contribution in [-0.2, 0) is 0 Å². The Morgan fingerprint density at radius 3 is 2.33 bits per heavy atom. The minimum atomic E-state index is -1.03. The first kappa shape index (κ1) is 18.0. The van der Waals surface area contributed by atoms with Crippen molar-refractivity contribution in [2.75, 3.05) is 0 Å². The van der Waals surface area contributed by atoms with Crippen LogP contribution in [0.2, 0.25) is 0 Å². The van der Waals surface area contributed by atoms with Gasteiger partial charge in [0.2, 0.25) is 0 Å². The molecular formula is C17H12N2O8. The monoisotopic (exact) mass is 372 g/mol. The number of ketones is 1. The molecule has 0 amide bonds. The Morgan fingerprint density at radius 1 is 1.11 bits per heavy atom. The molecule has 3 rings (SSSR count). The number of hydrogen-bond acceptors (Lipinski definition) is 8. The van der Waals surface area contributed by atoms with Gasteiger partial charge < -0.3 is 9.47 Å². The summed E-state index contributed by atoms with van der Waals surface area (Å²) in [5.74, 6) is -0.823. The molecule has 0 aliphatic carbocycles. The number of hydrogen-bond donors (Lipinski definition) is 0. The highest BCUT2D eigenvalue weighted by atomic mass is 16.6. The molecule has 0 fully saturated rings. The van der Waals surface area contributed by atoms with Crippen molar-refractivity contribution >= 4 is 23.1 Å². The number of nitro benzene ring substituents is 2. The maximum Gasteiger partial charge on any atom is 0.344 e. The van der Waals surface area contributed by atoms with Gasteiger partial charge in [-0.15, -0.1) is 0 Å². The lowest BCUT2D eigenvalue weighted by Gasteiger charge is -2.22. The van der Waals surface area contributed by atoms with Gasteiger partial charge in [0, 0.05) is 18.6 Å². The zero-order chi connectivity index (χ0) is 19.7. The average molecular weight is 372 g/mol. The van der Waals surface area contributed by atoms with Crippen LogP contribution in [0.15, 0.2) is 36.4 Å². The van der Waals surface area contributed by atoms with Gasteiger partial charge in [0.1, 0.15) is 17.6 Å². The Hall–Kier alpha value is -3.82. The van der Waals surface area contributed by atoms with E-state index >= 15 is 0 Å². The molecule has 0 saturated carbocycles. The van der Waals surface area contributed by atoms with E-state index < -0.39 is 27.2 Å². The molecule has 10 nitrogen and oxygen atoms in total. The highest BCUT2D eigenvalue weighted by Crippen LogP contribution is 2.31. The van der Waals surface area contributed by atoms with Gasteiger partial charge in [0.15, 0.2) is 5.78 Å². The van der Waals surface area contributed by atoms with E-state index in [1.807, 2.05) is 0 Å². The molecule has 138 valence electrons. The Bertz CT molecular complexity index is 953. The minimum Gasteiger partial charge on any atom is -0.489 e. The van der Waals surface area contributed by atoms with Gasteiger partial charge in [-0.05, 0) is 25.1 Å². The SMILES string of the molecule is CC1CC(=O)c2cc(OC(=O)c3cc([N+](=O)[O-])cc([N+](=O)[O-])c3)ccc2O1. The number of fused-ring (bicyclic) bond motifs is 1. The van der Waals surface area contributed by atoms with Crippen LogP contribution < -0.4 is 9.47 Å². The Balaban J connectivity index is 1.90. The highest BCUT2D eigenvalue weighted by Gasteiger charge is 2.25. The molecule has 1 heterocycles. The minimum absolute atomic E-state index is 0.0133. The summed E-state index contributed by atoms with van der Waals surface area (Å²) in [6.07, 6.45) is -0.0783. The lowest BCUT2D eigenvalue weighted by molar-refractivity contribution is -0.394. The van der Waals surface area contributed by atoms with E-state index in [1.54, 1.807) is 6.92 Å². The van der Waals surface area contributed by atoms with Crippen molar-refractivity contribution in [3.8, 4) is 11.5 Å². The van der Waals surface area contributed by atoms with Gasteiger partial charge in [-0.2, -0.15) is 0 Å². The van der Waals surface area contributed by atoms with Crippen LogP contribution >= 0.6 is 0 Å². The predicted molar refractivity (Wildman–Crippen MR) is 90.2 cm³/mol. The summed E-state index contributed by atoms with van der Waals surface area (Å²) in [6, 6.07) is 6.70. The third-order valence-corrected chi connectivity index (χ3v) is 3.82. The fourth-order valence-electron chi connectivity index (χ4n) is 2.61. The maximum absolute atomic E-state index is 12.3. The molecule has 2 aromatic carbocycles. The van der Waals surface area contributed by atoms with Gasteiger partial charge >= 0.3 is 5.97 Å². The third-order valence-electron chi connectivity index (χ3n) is 3.82. The van der Waals surface area contributed by atoms with Crippen molar-refractivity contribution in [2.45, 2.75) is 19.4 Å². The summed E-state index contributed by atoms with van der Waals surface area (Å²) in [5, 5.41) is 21.8. The Morgan fingerprint density at radius 2 is 1.74 bits per heavy atom. The van der Waals surface area contributed by atoms with E-state index in [4.69, 9.17) is 9.47 Å². The van der Waals surface area contributed by atoms with Crippen LogP contribution in [0.3, 0.4) is 0 Å². The zero-order valence-electron chi connectivity index (χ0n) is 13.9. The smallest absolute Gasteiger partial charge is 0.344 e. The van der Waals surface area contributed by atoms with Crippen molar-refractivity contribution < 1.29 is 28.9 Å². The highest BCUT2D eigenvalue weighted by molar-refractivity contribution is 6.00. The fraction of sp³-hybridized carbons (Fsp3) is 0.176. The number of rotatable bonds is 4. The molecule has 0 bridgehead atoms. The molecule has 0 radical (unpaired) electrons. The van der Waals surface area contributed by atoms with Crippen molar-refractivity contribution in [1.82, 2.24) is 0 Å². The number of carbonyl (C=O) groups excluding carboxylic acids is 2. The zero-order valence-corrected chi connectivity index (χ0v) is 13.9. The second kappa shape index (κ2) is 6.83. The van der Waals surface area contributed by atoms with E-state index in [-0.39, 0.29) is 35.2 Å². The van der Waals surface area contributed by atoms with Gasteiger partial charge in [-0.1, -0.05) is 0 Å². The van der Waals surface area contributed by atoms with Gasteiger partial charge in [-0.3, -0.25) is 25.0 Å². The molecule has 10 heteroatoms. The van der Waals surface area contributed by atoms with Crippen LogP contribution in [0.5, 0.6) is 11.5 Å². The number of nitro groups is 2. The van der Waals surface area contributed by atoms with Crippen LogP contribution in [-0.4, -0.2) is 27.7 Å². The van der Waals surface area contributed by atoms with Crippen molar-refractivity contribution in [2.24, 2.45) is 0 Å². The summed E-state index contributed by atoms with van der Waals surface area (Å²) in [6.45, 7) is 1.75. The molecular weight excluding hydrogens is 360 g/mol. The Labute approximate surface area is 151 Å². The number of nitrogens with zero attached hydrogens (tertiary/aromatic N) is 2. The molecule has 27 heavy (non-hydrogen) atoms. The standard InChI is InChI=1S/C17H12N2O8/c1-9-4-15(20)14-8-13(2-3-16(14)26-9)27-17(21)10-5-11(18(22)23)7-12(6-10)19(24)25/h2-3,5-9H,4H2,1H3. The molecule has 1 atom stereocenters. The van der Waals surface area contributed by atoms with Crippen molar-refractivity contribution in [3.05, 3.63) is 67.8 Å². The molecule has 0 N–H and O–H groups in total. The van der Waals surface area contributed by atoms with E-state index in [0.29, 0.717) is 5.75 Å². The second-order valence-electron chi connectivity index (χ2n) is 5.86. The normalized spacial score (nSPS) is 15.4. The van der Waals surface area contributed by atoms with Crippen LogP contribution in [0.25, 0.3) is 0 Å². The maximum atomic E-state index is 12.3. The summed E-state index contributed by atoms with van der Waals surface area (Å²) >= 11 is 0. The first-order valence-electron chi connectivity index (χ1n) is 7.74. The van der Waals surface area contributed by atoms with E-state index in [2.05, 4.69) is 0 Å². The van der Waals surface area contributed by atoms with Crippen LogP contribution in [0, 0.1) is 20.2 Å². The van der Waals surface area contributed by atoms with Crippen molar-refractivity contribution in [1.29, 1.82) is 0 Å². The number of non-ortho nitro benzene ring substituents is 2. The van der Waals surface area contributed by atoms with Crippen LogP contribution in [0.1, 0.15) is 34.1 Å². The van der Waals surface area contributed by atoms with E-state index in [9.17, 15) is 29.8 Å². The van der Waals surface area contributed by atoms with E-state index in [0.717, 1.165) is 18.2 Å². The number of ether oxygens (including phenoxy) is 2. The van der Waals surface area contributed by atoms with Gasteiger partial charge in [-0.25, -0.2) is 4.79 Å². The average Bonchev–Trinajstić information content (AvgIpc) is 2.61. The quantitative estimate of drug-likeness (QED) is 0.345. The summed E-state index contributed by atoms with van der Waals surface area (Å²) in [7, 11) is 0. The molecule has 1 aliphatic heterocycles. The van der Waals surface area contributed by atoms with Gasteiger partial charge in [0.05, 0.1) is 27.0 Å². The summed E-state index contributed by atoms with van der Waals surface area (Å²) in [5.41, 5.74) is -1.33. The molecule has 2 aromatic rings. The number of carbonyl (C=O) groups is 2. The second-order valence-corrected chi connectivity index (χ2v) is 5.86. The first-order chi connectivity index (χ1) is 12.7. The predicted octanol–water partition coefficient (Wildman–Crippen LogP) is 3.08. The molecule has 0 saturated heterocycles. The van der Waals surface area contributed by atoms with E-state index in [1.165, 1.54) is 18.2 Å². The molecule has 1 aliphatic rings. The third kappa shape index (κ3) is 3.73. The fourth-order valence-corrected chi connectivity index (χ4v) is 2.61. The number of benzene rings is 2. The van der Waals surface area contributed by atoms with Gasteiger partial charge in [0.25, 0.3) is 11.4 Å². The largest absolute Gasteiger partial charge is 0.489 e. The molecule has 0 spiro atoms. The Kier molecular flexibility index (Phi) is 4.55. The summed E-state index contributed by atoms with van der Waals surface area (Å²) in [4.78, 5) is 44.5. The topological polar surface area (TPSA) is 139 Å². The molecule has 1 unspecified atom stereocenters. The lowest BCUT2D eigenvalue weighted by atomic mass is 10.0. The van der Waals surface area contributed by atoms with Crippen molar-refractivity contribution in [3.63, 3.8) is 0 Å².